The van der Waals surface area contributed by atoms with Gasteiger partial charge in [0.2, 0.25) is 0 Å². The molecule has 20 aromatic carbocycles. The molecule has 8 heteroatoms. The van der Waals surface area contributed by atoms with Crippen LogP contribution in [0.2, 0.25) is 0 Å². The topological polar surface area (TPSA) is 103 Å². The number of fused-ring (bicyclic) bond motifs is 16. The summed E-state index contributed by atoms with van der Waals surface area (Å²) in [7, 11) is 0. The molecule has 8 aromatic heterocycles. The molecular weight excluding hydrogens is 1750 g/mol. The zero-order valence-electron chi connectivity index (χ0n) is 78.4. The smallest absolute Gasteiger partial charge is 0.0780 e. The molecule has 0 unspecified atom stereocenters. The van der Waals surface area contributed by atoms with Crippen LogP contribution in [-0.2, 0) is 0 Å². The maximum Gasteiger partial charge on any atom is 0.0780 e. The molecule has 28 aromatic rings. The standard InChI is InChI=1S/4C34H22N2/c1-2-9-26(10-3-1)33-20-30(34-29-13-7-4-8-23(29)18-19-32(34)36-33)24-14-16-25(17-15-24)31-22-35-21-27-11-5-6-12-28(27)31;1-2-9-26(10-3-1)32-22-30(33-28-13-5-4-8-23(28)19-20-31(33)36-32)25-17-15-24(16-18-25)29-14-6-11-27-12-7-21-35-34(27)29;1-2-8-26(9-3-1)33-21-31(34-30-11-5-4-7-23(30)17-18-32(34)36-33)25-15-13-24(14-16-25)28-12-6-10-27-22-35-20-19-29(27)28;1-2-8-27(9-3-1)33-21-30(34-29-11-5-4-7-23(29)17-18-32(34)36-33)26-15-13-25(14-16-26)28-12-6-10-24-19-20-35-22-31(24)28/h4*1-22H. The predicted molar refractivity (Wildman–Crippen MR) is 603 cm³/mol. The van der Waals surface area contributed by atoms with Crippen LogP contribution in [0.3, 0.4) is 0 Å². The average Bonchev–Trinajstić information content (AvgIpc) is 0.760. The lowest BCUT2D eigenvalue weighted by Gasteiger charge is -2.14. The van der Waals surface area contributed by atoms with Crippen molar-refractivity contribution in [2.45, 2.75) is 0 Å². The summed E-state index contributed by atoms with van der Waals surface area (Å²) >= 11 is 0. The Kier molecular flexibility index (Phi) is 22.9. The minimum atomic E-state index is 0.982. The molecule has 0 spiro atoms. The molecule has 0 bridgehead atoms. The lowest BCUT2D eigenvalue weighted by atomic mass is 9.93. The minimum Gasteiger partial charge on any atom is -0.264 e. The predicted octanol–water partition coefficient (Wildman–Crippen LogP) is 35.7. The molecule has 0 amide bonds. The third-order valence-electron chi connectivity index (χ3n) is 27.8. The molecular formula is C136H88N8. The number of benzene rings is 20. The zero-order chi connectivity index (χ0) is 95.6. The summed E-state index contributed by atoms with van der Waals surface area (Å²) in [6.07, 6.45) is 13.3. The van der Waals surface area contributed by atoms with Gasteiger partial charge in [-0.25, -0.2) is 19.9 Å². The summed E-state index contributed by atoms with van der Waals surface area (Å²) < 4.78 is 0. The van der Waals surface area contributed by atoms with E-state index in [9.17, 15) is 0 Å². The summed E-state index contributed by atoms with van der Waals surface area (Å²) in [5.41, 5.74) is 32.4. The average molecular weight is 1830 g/mol. The van der Waals surface area contributed by atoms with Crippen molar-refractivity contribution in [1.82, 2.24) is 39.9 Å². The van der Waals surface area contributed by atoms with Gasteiger partial charge in [0, 0.05) is 120 Å². The molecule has 0 N–H and O–H groups in total. The Morgan fingerprint density at radius 1 is 0.132 bits per heavy atom. The van der Waals surface area contributed by atoms with Crippen molar-refractivity contribution in [3.8, 4) is 134 Å². The highest BCUT2D eigenvalue weighted by molar-refractivity contribution is 6.19. The first kappa shape index (κ1) is 86.3. The summed E-state index contributed by atoms with van der Waals surface area (Å²) in [5.74, 6) is 0. The Hall–Kier alpha value is -19.3. The highest BCUT2D eigenvalue weighted by atomic mass is 14.7. The van der Waals surface area contributed by atoms with Crippen LogP contribution >= 0.6 is 0 Å². The van der Waals surface area contributed by atoms with Gasteiger partial charge in [-0.1, -0.05) is 425 Å². The molecule has 0 fully saturated rings. The van der Waals surface area contributed by atoms with Crippen LogP contribution < -0.4 is 0 Å². The van der Waals surface area contributed by atoms with E-state index in [-0.39, 0.29) is 0 Å². The van der Waals surface area contributed by atoms with E-state index in [1.165, 1.54) is 153 Å². The molecule has 0 saturated heterocycles. The first-order valence-corrected chi connectivity index (χ1v) is 48.7. The maximum absolute atomic E-state index is 5.08. The molecule has 144 heavy (non-hydrogen) atoms. The van der Waals surface area contributed by atoms with Gasteiger partial charge in [-0.2, -0.15) is 0 Å². The number of pyridine rings is 8. The molecule has 8 heterocycles. The van der Waals surface area contributed by atoms with E-state index >= 15 is 0 Å². The van der Waals surface area contributed by atoms with Gasteiger partial charge in [0.05, 0.1) is 50.4 Å². The lowest BCUT2D eigenvalue weighted by Crippen LogP contribution is -1.91. The normalized spacial score (nSPS) is 11.3. The second-order valence-electron chi connectivity index (χ2n) is 36.3. The van der Waals surface area contributed by atoms with Crippen molar-refractivity contribution in [1.29, 1.82) is 0 Å². The lowest BCUT2D eigenvalue weighted by molar-refractivity contribution is 1.36. The van der Waals surface area contributed by atoms with Crippen LogP contribution in [0.5, 0.6) is 0 Å². The van der Waals surface area contributed by atoms with Gasteiger partial charge in [0.15, 0.2) is 0 Å². The summed E-state index contributed by atoms with van der Waals surface area (Å²) in [5, 5.41) is 22.8. The van der Waals surface area contributed by atoms with Gasteiger partial charge in [-0.05, 0) is 204 Å². The van der Waals surface area contributed by atoms with E-state index in [2.05, 4.69) is 481 Å². The highest BCUT2D eigenvalue weighted by Crippen LogP contribution is 2.46. The van der Waals surface area contributed by atoms with Crippen LogP contribution in [0.4, 0.5) is 0 Å². The zero-order valence-corrected chi connectivity index (χ0v) is 78.4. The third kappa shape index (κ3) is 16.8. The van der Waals surface area contributed by atoms with Crippen LogP contribution in [0.15, 0.2) is 535 Å². The fourth-order valence-corrected chi connectivity index (χ4v) is 20.7. The number of rotatable bonds is 12. The van der Waals surface area contributed by atoms with Crippen molar-refractivity contribution in [3.63, 3.8) is 0 Å². The van der Waals surface area contributed by atoms with Gasteiger partial charge in [-0.3, -0.25) is 19.9 Å². The van der Waals surface area contributed by atoms with Gasteiger partial charge in [-0.15, -0.1) is 0 Å². The largest absolute Gasteiger partial charge is 0.264 e. The SMILES string of the molecule is c1ccc(-c2cc(-c3ccc(-c4cccc5cccnc45)cc3)c3c(ccc4ccccc43)n2)cc1.c1ccc(-c2cc(-c3ccc(-c4cccc5ccncc45)cc3)c3c(ccc4ccccc43)n2)cc1.c1ccc(-c2cc(-c3ccc(-c4cccc5cnccc45)cc3)c3c(ccc4ccccc43)n2)cc1.c1ccc(-c2cc(-c3ccc(-c4cncc5ccccc45)cc3)c3c(ccc4ccccc43)n2)cc1. The van der Waals surface area contributed by atoms with Gasteiger partial charge in [0.25, 0.3) is 0 Å². The third-order valence-corrected chi connectivity index (χ3v) is 27.8. The number of hydrogen-bond acceptors (Lipinski definition) is 8. The Balaban J connectivity index is 0.000000101. The molecule has 0 radical (unpaired) electrons. The quantitative estimate of drug-likeness (QED) is 0.111. The van der Waals surface area contributed by atoms with Crippen LogP contribution in [0.1, 0.15) is 0 Å². The number of hydrogen-bond donors (Lipinski definition) is 0. The Bertz CT molecular complexity index is 8590. The molecule has 28 rings (SSSR count). The van der Waals surface area contributed by atoms with Crippen LogP contribution in [-0.4, -0.2) is 39.9 Å². The fourth-order valence-electron chi connectivity index (χ4n) is 20.7. The van der Waals surface area contributed by atoms with Gasteiger partial charge >= 0.3 is 0 Å². The van der Waals surface area contributed by atoms with Crippen molar-refractivity contribution >= 4 is 130 Å². The molecule has 0 saturated carbocycles. The van der Waals surface area contributed by atoms with Gasteiger partial charge in [0.1, 0.15) is 0 Å². The first-order chi connectivity index (χ1) is 71.4. The number of aromatic nitrogens is 8. The van der Waals surface area contributed by atoms with E-state index in [1.807, 2.05) is 73.7 Å². The molecule has 0 aliphatic heterocycles. The van der Waals surface area contributed by atoms with E-state index in [1.54, 1.807) is 0 Å². The molecule has 8 nitrogen and oxygen atoms in total. The molecule has 0 atom stereocenters. The van der Waals surface area contributed by atoms with E-state index < -0.39 is 0 Å². The van der Waals surface area contributed by atoms with Crippen molar-refractivity contribution < 1.29 is 0 Å². The Labute approximate surface area is 832 Å². The van der Waals surface area contributed by atoms with E-state index in [0.29, 0.717) is 0 Å². The molecule has 0 aliphatic carbocycles. The Morgan fingerprint density at radius 2 is 0.403 bits per heavy atom. The molecule has 672 valence electrons. The summed E-state index contributed by atoms with van der Waals surface area (Å²) in [6.45, 7) is 0. The molecule has 0 aliphatic rings. The second-order valence-corrected chi connectivity index (χ2v) is 36.3. The first-order valence-electron chi connectivity index (χ1n) is 48.7. The van der Waals surface area contributed by atoms with Crippen molar-refractivity contribution in [3.05, 3.63) is 535 Å². The Morgan fingerprint density at radius 3 is 0.799 bits per heavy atom. The summed E-state index contributed by atoms with van der Waals surface area (Å²) in [4.78, 5) is 38.1. The van der Waals surface area contributed by atoms with Crippen molar-refractivity contribution in [2.75, 3.05) is 0 Å². The van der Waals surface area contributed by atoms with E-state index in [4.69, 9.17) is 19.9 Å². The number of nitrogens with zero attached hydrogens (tertiary/aromatic N) is 8. The maximum atomic E-state index is 5.08. The highest BCUT2D eigenvalue weighted by Gasteiger charge is 2.21. The minimum absolute atomic E-state index is 0.982. The van der Waals surface area contributed by atoms with Gasteiger partial charge < -0.3 is 0 Å². The number of para-hydroxylation sites is 1. The van der Waals surface area contributed by atoms with Crippen LogP contribution in [0, 0.1) is 0 Å². The van der Waals surface area contributed by atoms with Crippen LogP contribution in [0.25, 0.3) is 264 Å². The summed E-state index contributed by atoms with van der Waals surface area (Å²) in [6, 6.07) is 173. The van der Waals surface area contributed by atoms with E-state index in [0.717, 1.165) is 111 Å². The van der Waals surface area contributed by atoms with Crippen molar-refractivity contribution in [2.24, 2.45) is 0 Å². The monoisotopic (exact) mass is 1830 g/mol. The fraction of sp³-hybridized carbons (Fsp3) is 0. The second kappa shape index (κ2) is 38.2.